The molecular weight excluding hydrogens is 390 g/mol. The number of esters is 1. The highest BCUT2D eigenvalue weighted by molar-refractivity contribution is 8.18. The van der Waals surface area contributed by atoms with Crippen molar-refractivity contribution in [3.8, 4) is 11.5 Å². The van der Waals surface area contributed by atoms with Crippen LogP contribution in [0, 0.1) is 0 Å². The number of carbonyl (C=O) groups excluding carboxylic acids is 1. The van der Waals surface area contributed by atoms with Gasteiger partial charge in [-0.25, -0.2) is 9.79 Å². The van der Waals surface area contributed by atoms with E-state index >= 15 is 0 Å². The first-order valence-corrected chi connectivity index (χ1v) is 9.74. The van der Waals surface area contributed by atoms with Crippen molar-refractivity contribution < 1.29 is 24.1 Å². The smallest absolute Gasteiger partial charge is 0.344 e. The molecule has 1 heterocycles. The van der Waals surface area contributed by atoms with E-state index in [1.807, 2.05) is 30.3 Å². The second kappa shape index (κ2) is 9.34. The van der Waals surface area contributed by atoms with Gasteiger partial charge in [-0.3, -0.25) is 0 Å². The highest BCUT2D eigenvalue weighted by Gasteiger charge is 2.33. The van der Waals surface area contributed by atoms with E-state index in [1.54, 1.807) is 45.4 Å². The number of hydrogen-bond donors (Lipinski definition) is 1. The molecule has 1 aliphatic rings. The second-order valence-corrected chi connectivity index (χ2v) is 6.98. The maximum absolute atomic E-state index is 12.5. The molecule has 6 nitrogen and oxygen atoms in total. The lowest BCUT2D eigenvalue weighted by atomic mass is 10.1. The normalized spacial score (nSPS) is 16.4. The van der Waals surface area contributed by atoms with Gasteiger partial charge in [0.05, 0.1) is 31.4 Å². The van der Waals surface area contributed by atoms with Crippen molar-refractivity contribution >= 4 is 34.5 Å². The Kier molecular flexibility index (Phi) is 6.61. The van der Waals surface area contributed by atoms with E-state index in [-0.39, 0.29) is 17.9 Å². The Balaban J connectivity index is 2.05. The van der Waals surface area contributed by atoms with Crippen molar-refractivity contribution in [3.05, 3.63) is 70.3 Å². The molecule has 1 N–H and O–H groups in total. The van der Waals surface area contributed by atoms with Gasteiger partial charge in [-0.1, -0.05) is 30.0 Å². The van der Waals surface area contributed by atoms with Crippen molar-refractivity contribution in [3.63, 3.8) is 0 Å². The molecule has 2 aromatic carbocycles. The molecule has 2 aromatic rings. The number of hydrogen-bond acceptors (Lipinski definition) is 7. The number of nitrogens with zero attached hydrogens (tertiary/aromatic N) is 1. The number of benzene rings is 2. The number of carbonyl (C=O) groups is 1. The van der Waals surface area contributed by atoms with Gasteiger partial charge in [-0.15, -0.1) is 0 Å². The van der Waals surface area contributed by atoms with Gasteiger partial charge < -0.3 is 19.3 Å². The molecule has 0 saturated carbocycles. The van der Waals surface area contributed by atoms with Gasteiger partial charge in [0.25, 0.3) is 0 Å². The van der Waals surface area contributed by atoms with E-state index in [2.05, 4.69) is 4.99 Å². The number of ether oxygens (including phenoxy) is 3. The number of para-hydroxylation sites is 1. The zero-order chi connectivity index (χ0) is 20.8. The maximum Gasteiger partial charge on any atom is 0.344 e. The molecule has 7 heteroatoms. The third-order valence-electron chi connectivity index (χ3n) is 4.03. The molecule has 0 unspecified atom stereocenters. The first-order chi connectivity index (χ1) is 14.0. The number of aliphatic hydroxyl groups is 1. The molecule has 0 amide bonds. The van der Waals surface area contributed by atoms with E-state index in [0.717, 1.165) is 5.56 Å². The summed E-state index contributed by atoms with van der Waals surface area (Å²) in [5, 5.41) is 11.1. The summed E-state index contributed by atoms with van der Waals surface area (Å²) < 4.78 is 15.7. The molecule has 1 aliphatic heterocycles. The number of aliphatic hydroxyl groups excluding tert-OH is 1. The van der Waals surface area contributed by atoms with Crippen LogP contribution in [0.5, 0.6) is 11.5 Å². The third kappa shape index (κ3) is 4.81. The summed E-state index contributed by atoms with van der Waals surface area (Å²) in [6.45, 7) is 1.91. The fraction of sp³-hybridized carbons (Fsp3) is 0.182. The van der Waals surface area contributed by atoms with Gasteiger partial charge in [-0.2, -0.15) is 0 Å². The minimum absolute atomic E-state index is 0.0572. The Hall–Kier alpha value is -3.19. The molecule has 0 spiro atoms. The van der Waals surface area contributed by atoms with Gasteiger partial charge >= 0.3 is 5.97 Å². The molecule has 0 aromatic heterocycles. The maximum atomic E-state index is 12.5. The van der Waals surface area contributed by atoms with Crippen molar-refractivity contribution in [1.29, 1.82) is 0 Å². The monoisotopic (exact) mass is 411 g/mol. The first-order valence-electron chi connectivity index (χ1n) is 8.93. The Morgan fingerprint density at radius 3 is 2.34 bits per heavy atom. The van der Waals surface area contributed by atoms with Crippen molar-refractivity contribution in [2.45, 2.75) is 6.92 Å². The summed E-state index contributed by atoms with van der Waals surface area (Å²) in [5.74, 6) is 0.460. The zero-order valence-corrected chi connectivity index (χ0v) is 17.2. The quantitative estimate of drug-likeness (QED) is 0.682. The second-order valence-electron chi connectivity index (χ2n) is 5.95. The minimum Gasteiger partial charge on any atom is -0.506 e. The van der Waals surface area contributed by atoms with E-state index < -0.39 is 5.97 Å². The van der Waals surface area contributed by atoms with E-state index in [4.69, 9.17) is 14.2 Å². The Bertz CT molecular complexity index is 973. The molecule has 29 heavy (non-hydrogen) atoms. The van der Waals surface area contributed by atoms with Crippen LogP contribution >= 0.6 is 11.8 Å². The largest absolute Gasteiger partial charge is 0.506 e. The average molecular weight is 411 g/mol. The van der Waals surface area contributed by atoms with Gasteiger partial charge in [0.1, 0.15) is 27.9 Å². The topological polar surface area (TPSA) is 77.4 Å². The minimum atomic E-state index is -0.612. The van der Waals surface area contributed by atoms with Crippen LogP contribution in [0.3, 0.4) is 0 Å². The van der Waals surface area contributed by atoms with Crippen LogP contribution in [-0.4, -0.2) is 36.9 Å². The molecule has 0 fully saturated rings. The van der Waals surface area contributed by atoms with Crippen LogP contribution in [0.1, 0.15) is 12.5 Å². The van der Waals surface area contributed by atoms with Crippen LogP contribution in [-0.2, 0) is 9.53 Å². The molecule has 0 atom stereocenters. The fourth-order valence-electron chi connectivity index (χ4n) is 2.68. The van der Waals surface area contributed by atoms with E-state index in [1.165, 1.54) is 11.8 Å². The van der Waals surface area contributed by atoms with Crippen molar-refractivity contribution in [1.82, 2.24) is 0 Å². The van der Waals surface area contributed by atoms with Crippen LogP contribution in [0.2, 0.25) is 0 Å². The van der Waals surface area contributed by atoms with Gasteiger partial charge in [0.15, 0.2) is 0 Å². The highest BCUT2D eigenvalue weighted by atomic mass is 32.2. The number of methoxy groups -OCH3 is 2. The summed E-state index contributed by atoms with van der Waals surface area (Å²) in [6.07, 6.45) is 1.75. The van der Waals surface area contributed by atoms with Crippen molar-refractivity contribution in [2.24, 2.45) is 4.99 Å². The number of rotatable bonds is 6. The van der Waals surface area contributed by atoms with Crippen LogP contribution in [0.15, 0.2) is 69.8 Å². The standard InChI is InChI=1S/C22H21NO5S/c1-4-28-22(25)19-20(24)18(29-21(19)23-15-8-6-5-7-9-15)12-14-10-16(26-2)13-17(11-14)27-3/h5-13,24H,4H2,1-3H3/b18-12+,23-21?. The average Bonchev–Trinajstić information content (AvgIpc) is 3.03. The molecular formula is C22H21NO5S. The molecule has 0 aliphatic carbocycles. The first kappa shape index (κ1) is 20.5. The summed E-state index contributed by atoms with van der Waals surface area (Å²) in [4.78, 5) is 17.5. The van der Waals surface area contributed by atoms with Crippen molar-refractivity contribution in [2.75, 3.05) is 20.8 Å². The highest BCUT2D eigenvalue weighted by Crippen LogP contribution is 2.40. The summed E-state index contributed by atoms with van der Waals surface area (Å²) in [5.41, 5.74) is 1.48. The predicted molar refractivity (Wildman–Crippen MR) is 115 cm³/mol. The van der Waals surface area contributed by atoms with Crippen LogP contribution in [0.4, 0.5) is 5.69 Å². The van der Waals surface area contributed by atoms with E-state index in [0.29, 0.717) is 27.1 Å². The van der Waals surface area contributed by atoms with Gasteiger partial charge in [0, 0.05) is 6.07 Å². The molecule has 3 rings (SSSR count). The molecule has 0 bridgehead atoms. The summed E-state index contributed by atoms with van der Waals surface area (Å²) >= 11 is 1.20. The Labute approximate surface area is 173 Å². The molecule has 150 valence electrons. The zero-order valence-electron chi connectivity index (χ0n) is 16.3. The Morgan fingerprint density at radius 1 is 1.10 bits per heavy atom. The number of aliphatic imine (C=N–C) groups is 1. The lowest BCUT2D eigenvalue weighted by Gasteiger charge is -2.06. The lowest BCUT2D eigenvalue weighted by molar-refractivity contribution is -0.138. The van der Waals surface area contributed by atoms with E-state index in [9.17, 15) is 9.90 Å². The molecule has 0 radical (unpaired) electrons. The van der Waals surface area contributed by atoms with Crippen LogP contribution < -0.4 is 9.47 Å². The predicted octanol–water partition coefficient (Wildman–Crippen LogP) is 4.90. The fourth-order valence-corrected chi connectivity index (χ4v) is 3.71. The van der Waals surface area contributed by atoms with Gasteiger partial charge in [-0.05, 0) is 42.8 Å². The van der Waals surface area contributed by atoms with Gasteiger partial charge in [0.2, 0.25) is 0 Å². The lowest BCUT2D eigenvalue weighted by Crippen LogP contribution is -2.12. The summed E-state index contributed by atoms with van der Waals surface area (Å²) in [7, 11) is 3.13. The SMILES string of the molecule is CCOC(=O)C1=C(O)/C(=C\c2cc(OC)cc(OC)c2)SC1=Nc1ccccc1. The third-order valence-corrected chi connectivity index (χ3v) is 5.05. The number of thioether (sulfide) groups is 1. The van der Waals surface area contributed by atoms with Crippen LogP contribution in [0.25, 0.3) is 6.08 Å². The molecule has 0 saturated heterocycles. The summed E-state index contributed by atoms with van der Waals surface area (Å²) in [6, 6.07) is 14.6. The Morgan fingerprint density at radius 2 is 1.76 bits per heavy atom.